The summed E-state index contributed by atoms with van der Waals surface area (Å²) in [6.07, 6.45) is 3.84. The van der Waals surface area contributed by atoms with Crippen LogP contribution in [0.2, 0.25) is 0 Å². The molecule has 0 bridgehead atoms. The lowest BCUT2D eigenvalue weighted by Gasteiger charge is -2.38. The molecule has 1 aromatic rings. The number of β-amino-alcohol motifs (C(OH)–C–C–N with tert-alkyl or cyclic N) is 1. The zero-order valence-corrected chi connectivity index (χ0v) is 17.2. The number of hydrogen-bond acceptors (Lipinski definition) is 6. The number of nitrogens with zero attached hydrogens (tertiary/aromatic N) is 3. The molecule has 0 unspecified atom stereocenters. The lowest BCUT2D eigenvalue weighted by Crippen LogP contribution is -2.50. The Balaban J connectivity index is 1.54. The molecule has 3 rings (SSSR count). The summed E-state index contributed by atoms with van der Waals surface area (Å²) in [6.45, 7) is 8.61. The number of aryl methyl sites for hydroxylation is 2. The molecule has 2 N–H and O–H groups in total. The quantitative estimate of drug-likeness (QED) is 0.800. The lowest BCUT2D eigenvalue weighted by atomic mass is 9.93. The van der Waals surface area contributed by atoms with E-state index in [1.54, 1.807) is 20.8 Å². The van der Waals surface area contributed by atoms with E-state index < -0.39 is 5.60 Å². The van der Waals surface area contributed by atoms with Gasteiger partial charge in [0.2, 0.25) is 5.91 Å². The molecule has 2 fully saturated rings. The van der Waals surface area contributed by atoms with Crippen molar-refractivity contribution in [2.24, 2.45) is 0 Å². The average molecular weight is 393 g/mol. The monoisotopic (exact) mass is 392 g/mol. The van der Waals surface area contributed by atoms with Gasteiger partial charge >= 0.3 is 0 Å². The Kier molecular flexibility index (Phi) is 6.40. The van der Waals surface area contributed by atoms with Gasteiger partial charge in [-0.2, -0.15) is 0 Å². The minimum Gasteiger partial charge on any atom is -0.388 e. The number of hydrogen-bond donors (Lipinski definition) is 2. The molecule has 0 saturated carbocycles. The van der Waals surface area contributed by atoms with Crippen LogP contribution in [0.15, 0.2) is 4.52 Å². The second kappa shape index (κ2) is 8.61. The van der Waals surface area contributed by atoms with Gasteiger partial charge in [0.1, 0.15) is 11.3 Å². The van der Waals surface area contributed by atoms with Crippen LogP contribution in [0, 0.1) is 13.8 Å². The maximum atomic E-state index is 12.9. The predicted octanol–water partition coefficient (Wildman–Crippen LogP) is 1.25. The van der Waals surface area contributed by atoms with Gasteiger partial charge in [0, 0.05) is 45.7 Å². The number of aliphatic hydroxyl groups is 1. The second-order valence-electron chi connectivity index (χ2n) is 8.32. The van der Waals surface area contributed by atoms with Crippen molar-refractivity contribution in [1.82, 2.24) is 20.3 Å². The van der Waals surface area contributed by atoms with Gasteiger partial charge in [-0.1, -0.05) is 5.16 Å². The summed E-state index contributed by atoms with van der Waals surface area (Å²) in [7, 11) is 0. The third kappa shape index (κ3) is 4.91. The summed E-state index contributed by atoms with van der Waals surface area (Å²) in [5.41, 5.74) is 0.378. The number of aromatic nitrogens is 1. The van der Waals surface area contributed by atoms with Crippen LogP contribution < -0.4 is 5.32 Å². The van der Waals surface area contributed by atoms with Gasteiger partial charge in [0.25, 0.3) is 5.91 Å². The van der Waals surface area contributed by atoms with E-state index in [1.807, 2.05) is 4.90 Å². The SMILES string of the molecule is CC(=O)NC1CCN(C[C@]2(O)CCCN(C(=O)c3c(C)noc3C)CC2)CC1. The Hall–Kier alpha value is -1.93. The van der Waals surface area contributed by atoms with E-state index in [4.69, 9.17) is 4.52 Å². The Morgan fingerprint density at radius 3 is 2.54 bits per heavy atom. The third-order valence-corrected chi connectivity index (χ3v) is 5.96. The van der Waals surface area contributed by atoms with Crippen molar-refractivity contribution in [2.45, 2.75) is 64.5 Å². The van der Waals surface area contributed by atoms with Crippen LogP contribution in [0.4, 0.5) is 0 Å². The van der Waals surface area contributed by atoms with Crippen molar-refractivity contribution >= 4 is 11.8 Å². The number of carbonyl (C=O) groups is 2. The molecule has 2 amide bonds. The molecule has 0 spiro atoms. The molecular formula is C20H32N4O4. The first-order valence-electron chi connectivity index (χ1n) is 10.2. The van der Waals surface area contributed by atoms with Gasteiger partial charge in [-0.25, -0.2) is 0 Å². The number of nitrogens with one attached hydrogen (secondary N) is 1. The molecule has 2 aliphatic rings. The molecule has 2 saturated heterocycles. The highest BCUT2D eigenvalue weighted by Crippen LogP contribution is 2.26. The van der Waals surface area contributed by atoms with Crippen LogP contribution in [0.5, 0.6) is 0 Å². The van der Waals surface area contributed by atoms with Crippen molar-refractivity contribution in [2.75, 3.05) is 32.7 Å². The number of amides is 2. The normalized spacial score (nSPS) is 24.8. The molecule has 2 aliphatic heterocycles. The van der Waals surface area contributed by atoms with E-state index in [0.717, 1.165) is 32.4 Å². The fraction of sp³-hybridized carbons (Fsp3) is 0.750. The fourth-order valence-electron chi connectivity index (χ4n) is 4.43. The first kappa shape index (κ1) is 20.8. The summed E-state index contributed by atoms with van der Waals surface area (Å²) in [5, 5.41) is 18.0. The summed E-state index contributed by atoms with van der Waals surface area (Å²) in [5.74, 6) is 0.504. The Labute approximate surface area is 166 Å². The number of rotatable bonds is 4. The highest BCUT2D eigenvalue weighted by molar-refractivity contribution is 5.96. The molecule has 8 heteroatoms. The van der Waals surface area contributed by atoms with Crippen LogP contribution in [0.3, 0.4) is 0 Å². The summed E-state index contributed by atoms with van der Waals surface area (Å²) in [6, 6.07) is 0.237. The number of likely N-dealkylation sites (tertiary alicyclic amines) is 2. The summed E-state index contributed by atoms with van der Waals surface area (Å²) >= 11 is 0. The van der Waals surface area contributed by atoms with E-state index in [0.29, 0.717) is 49.5 Å². The molecule has 156 valence electrons. The molecule has 0 aromatic carbocycles. The lowest BCUT2D eigenvalue weighted by molar-refractivity contribution is -0.120. The van der Waals surface area contributed by atoms with Crippen molar-refractivity contribution in [3.63, 3.8) is 0 Å². The molecular weight excluding hydrogens is 360 g/mol. The summed E-state index contributed by atoms with van der Waals surface area (Å²) in [4.78, 5) is 28.2. The first-order valence-corrected chi connectivity index (χ1v) is 10.2. The molecule has 0 aliphatic carbocycles. The van der Waals surface area contributed by atoms with Gasteiger partial charge < -0.3 is 24.7 Å². The van der Waals surface area contributed by atoms with Gasteiger partial charge in [-0.15, -0.1) is 0 Å². The molecule has 1 atom stereocenters. The van der Waals surface area contributed by atoms with E-state index in [2.05, 4.69) is 15.4 Å². The van der Waals surface area contributed by atoms with Crippen LogP contribution in [-0.4, -0.2) is 76.2 Å². The minimum absolute atomic E-state index is 0.0175. The number of piperidine rings is 1. The van der Waals surface area contributed by atoms with Crippen molar-refractivity contribution in [3.05, 3.63) is 17.0 Å². The Bertz CT molecular complexity index is 692. The molecule has 0 radical (unpaired) electrons. The average Bonchev–Trinajstić information content (AvgIpc) is 2.85. The largest absolute Gasteiger partial charge is 0.388 e. The summed E-state index contributed by atoms with van der Waals surface area (Å²) < 4.78 is 5.13. The maximum Gasteiger partial charge on any atom is 0.259 e. The zero-order chi connectivity index (χ0) is 20.3. The van der Waals surface area contributed by atoms with Gasteiger partial charge in [0.05, 0.1) is 11.3 Å². The van der Waals surface area contributed by atoms with Gasteiger partial charge in [-0.3, -0.25) is 9.59 Å². The van der Waals surface area contributed by atoms with Crippen molar-refractivity contribution in [3.8, 4) is 0 Å². The molecule has 1 aromatic heterocycles. The Morgan fingerprint density at radius 1 is 1.21 bits per heavy atom. The van der Waals surface area contributed by atoms with Crippen molar-refractivity contribution < 1.29 is 19.2 Å². The molecule has 8 nitrogen and oxygen atoms in total. The smallest absolute Gasteiger partial charge is 0.259 e. The second-order valence-corrected chi connectivity index (χ2v) is 8.32. The van der Waals surface area contributed by atoms with Crippen LogP contribution in [-0.2, 0) is 4.79 Å². The van der Waals surface area contributed by atoms with Gasteiger partial charge in [-0.05, 0) is 46.0 Å². The molecule has 28 heavy (non-hydrogen) atoms. The van der Waals surface area contributed by atoms with Crippen molar-refractivity contribution in [1.29, 1.82) is 0 Å². The van der Waals surface area contributed by atoms with E-state index >= 15 is 0 Å². The van der Waals surface area contributed by atoms with Crippen LogP contribution in [0.25, 0.3) is 0 Å². The van der Waals surface area contributed by atoms with Gasteiger partial charge in [0.15, 0.2) is 0 Å². The molecule has 3 heterocycles. The number of carbonyl (C=O) groups excluding carboxylic acids is 2. The predicted molar refractivity (Wildman–Crippen MR) is 104 cm³/mol. The van der Waals surface area contributed by atoms with E-state index in [9.17, 15) is 14.7 Å². The van der Waals surface area contributed by atoms with Crippen LogP contribution in [0.1, 0.15) is 60.8 Å². The topological polar surface area (TPSA) is 98.9 Å². The van der Waals surface area contributed by atoms with E-state index in [-0.39, 0.29) is 17.9 Å². The maximum absolute atomic E-state index is 12.9. The highest BCUT2D eigenvalue weighted by Gasteiger charge is 2.35. The minimum atomic E-state index is -0.783. The van der Waals surface area contributed by atoms with Crippen LogP contribution >= 0.6 is 0 Å². The Morgan fingerprint density at radius 2 is 1.93 bits per heavy atom. The zero-order valence-electron chi connectivity index (χ0n) is 17.2. The standard InChI is InChI=1S/C20H32N4O4/c1-14-18(15(2)28-22-14)19(26)24-9-4-7-20(27,8-12-24)13-23-10-5-17(6-11-23)21-16(3)25/h17,27H,4-13H2,1-3H3,(H,21,25)/t20-/m0/s1. The first-order chi connectivity index (χ1) is 13.3. The highest BCUT2D eigenvalue weighted by atomic mass is 16.5. The van der Waals surface area contributed by atoms with E-state index in [1.165, 1.54) is 0 Å². The fourth-order valence-corrected chi connectivity index (χ4v) is 4.43. The third-order valence-electron chi connectivity index (χ3n) is 5.96.